The first kappa shape index (κ1) is 21.4. The summed E-state index contributed by atoms with van der Waals surface area (Å²) < 4.78 is 0. The Labute approximate surface area is 168 Å². The monoisotopic (exact) mass is 375 g/mol. The lowest BCUT2D eigenvalue weighted by Gasteiger charge is -2.16. The molecule has 0 heterocycles. The number of rotatable bonds is 7. The Morgan fingerprint density at radius 1 is 1.04 bits per heavy atom. The van der Waals surface area contributed by atoms with Crippen LogP contribution in [0.2, 0.25) is 0 Å². The Balaban J connectivity index is 2.06. The van der Waals surface area contributed by atoms with Gasteiger partial charge in [0.15, 0.2) is 0 Å². The van der Waals surface area contributed by atoms with Gasteiger partial charge in [0.2, 0.25) is 0 Å². The fourth-order valence-electron chi connectivity index (χ4n) is 3.22. The zero-order valence-electron chi connectivity index (χ0n) is 17.3. The molecule has 0 spiro atoms. The summed E-state index contributed by atoms with van der Waals surface area (Å²) in [5, 5.41) is 0. The predicted octanol–water partition coefficient (Wildman–Crippen LogP) is 4.73. The van der Waals surface area contributed by atoms with Gasteiger partial charge in [-0.3, -0.25) is 4.79 Å². The van der Waals surface area contributed by atoms with Crippen LogP contribution in [0.4, 0.5) is 0 Å². The van der Waals surface area contributed by atoms with Gasteiger partial charge in [0.25, 0.3) is 5.91 Å². The molecule has 0 N–H and O–H groups in total. The van der Waals surface area contributed by atoms with E-state index in [4.69, 9.17) is 0 Å². The molecule has 0 aliphatic carbocycles. The summed E-state index contributed by atoms with van der Waals surface area (Å²) in [6.45, 7) is 6.54. The number of ketones is 1. The maximum absolute atomic E-state index is 12.4. The Hall–Kier alpha value is -2.86. The minimum Gasteiger partial charge on any atom is -0.342 e. The van der Waals surface area contributed by atoms with Crippen molar-refractivity contribution in [2.75, 3.05) is 13.6 Å². The maximum Gasteiger partial charge on any atom is 0.253 e. The molecule has 28 heavy (non-hydrogen) atoms. The van der Waals surface area contributed by atoms with E-state index >= 15 is 0 Å². The number of amides is 1. The molecule has 0 saturated carbocycles. The van der Waals surface area contributed by atoms with Gasteiger partial charge in [-0.25, -0.2) is 0 Å². The number of carbonyl (C=O) groups excluding carboxylic acids is 2. The Kier molecular flexibility index (Phi) is 8.02. The summed E-state index contributed by atoms with van der Waals surface area (Å²) >= 11 is 0. The third-order valence-electron chi connectivity index (χ3n) is 4.54. The molecule has 3 heteroatoms. The van der Waals surface area contributed by atoms with Gasteiger partial charge in [-0.15, -0.1) is 0 Å². The van der Waals surface area contributed by atoms with E-state index in [0.29, 0.717) is 17.9 Å². The van der Waals surface area contributed by atoms with Crippen LogP contribution in [0.15, 0.2) is 48.5 Å². The average Bonchev–Trinajstić information content (AvgIpc) is 2.66. The first-order valence-electron chi connectivity index (χ1n) is 9.85. The fourth-order valence-corrected chi connectivity index (χ4v) is 3.22. The molecule has 1 amide bonds. The summed E-state index contributed by atoms with van der Waals surface area (Å²) in [7, 11) is 1.82. The van der Waals surface area contributed by atoms with E-state index < -0.39 is 0 Å². The molecule has 1 atom stereocenters. The van der Waals surface area contributed by atoms with Gasteiger partial charge in [-0.05, 0) is 61.6 Å². The van der Waals surface area contributed by atoms with Crippen LogP contribution in [0.5, 0.6) is 0 Å². The number of hydrogen-bond acceptors (Lipinski definition) is 2. The van der Waals surface area contributed by atoms with E-state index in [0.717, 1.165) is 30.5 Å². The molecule has 0 aliphatic rings. The second-order valence-electron chi connectivity index (χ2n) is 7.47. The van der Waals surface area contributed by atoms with E-state index in [1.54, 1.807) is 11.8 Å². The molecular weight excluding hydrogens is 346 g/mol. The molecule has 146 valence electrons. The van der Waals surface area contributed by atoms with Crippen LogP contribution in [0.25, 0.3) is 0 Å². The molecule has 2 rings (SSSR count). The van der Waals surface area contributed by atoms with Gasteiger partial charge in [0, 0.05) is 36.7 Å². The van der Waals surface area contributed by atoms with Crippen molar-refractivity contribution in [1.29, 1.82) is 0 Å². The van der Waals surface area contributed by atoms with Crippen molar-refractivity contribution in [1.82, 2.24) is 4.90 Å². The van der Waals surface area contributed by atoms with Crippen LogP contribution in [0, 0.1) is 17.8 Å². The van der Waals surface area contributed by atoms with Gasteiger partial charge in [0.05, 0.1) is 0 Å². The van der Waals surface area contributed by atoms with Crippen molar-refractivity contribution in [3.8, 4) is 11.8 Å². The van der Waals surface area contributed by atoms with Crippen LogP contribution in [-0.2, 0) is 11.2 Å². The van der Waals surface area contributed by atoms with Gasteiger partial charge in [-0.2, -0.15) is 0 Å². The third kappa shape index (κ3) is 6.70. The highest BCUT2D eigenvalue weighted by atomic mass is 16.2. The van der Waals surface area contributed by atoms with Crippen molar-refractivity contribution in [3.05, 3.63) is 70.8 Å². The van der Waals surface area contributed by atoms with E-state index in [2.05, 4.69) is 37.8 Å². The SMILES string of the molecule is CCCN(C)C(=O)c1cccc(C#Cc2ccc(CC(C)CC(C)=O)cc2)c1. The molecule has 2 aromatic carbocycles. The highest BCUT2D eigenvalue weighted by Crippen LogP contribution is 2.13. The molecule has 2 aromatic rings. The number of nitrogens with zero attached hydrogens (tertiary/aromatic N) is 1. The van der Waals surface area contributed by atoms with Crippen LogP contribution in [-0.4, -0.2) is 30.2 Å². The zero-order valence-corrected chi connectivity index (χ0v) is 17.3. The molecule has 1 unspecified atom stereocenters. The van der Waals surface area contributed by atoms with Crippen molar-refractivity contribution in [2.24, 2.45) is 5.92 Å². The van der Waals surface area contributed by atoms with Crippen molar-refractivity contribution >= 4 is 11.7 Å². The van der Waals surface area contributed by atoms with E-state index in [9.17, 15) is 9.59 Å². The molecule has 0 saturated heterocycles. The molecule has 0 aliphatic heterocycles. The Bertz CT molecular complexity index is 871. The highest BCUT2D eigenvalue weighted by Gasteiger charge is 2.10. The molecule has 3 nitrogen and oxygen atoms in total. The average molecular weight is 376 g/mol. The normalized spacial score (nSPS) is 11.3. The lowest BCUT2D eigenvalue weighted by Crippen LogP contribution is -2.27. The van der Waals surface area contributed by atoms with Crippen LogP contribution < -0.4 is 0 Å². The Morgan fingerprint density at radius 3 is 2.36 bits per heavy atom. The topological polar surface area (TPSA) is 37.4 Å². The standard InChI is InChI=1S/C25H29NO2/c1-5-15-26(4)25(28)24-8-6-7-22(18-24)12-9-21-10-13-23(14-11-21)17-19(2)16-20(3)27/h6-8,10-11,13-14,18-19H,5,15-17H2,1-4H3. The summed E-state index contributed by atoms with van der Waals surface area (Å²) in [6.07, 6.45) is 2.44. The first-order valence-corrected chi connectivity index (χ1v) is 9.85. The van der Waals surface area contributed by atoms with E-state index in [1.807, 2.05) is 43.4 Å². The first-order chi connectivity index (χ1) is 13.4. The summed E-state index contributed by atoms with van der Waals surface area (Å²) in [5.41, 5.74) is 3.64. The predicted molar refractivity (Wildman–Crippen MR) is 114 cm³/mol. The van der Waals surface area contributed by atoms with Gasteiger partial charge < -0.3 is 9.69 Å². The fraction of sp³-hybridized carbons (Fsp3) is 0.360. The van der Waals surface area contributed by atoms with Gasteiger partial charge in [-0.1, -0.05) is 43.9 Å². The summed E-state index contributed by atoms with van der Waals surface area (Å²) in [6, 6.07) is 15.6. The van der Waals surface area contributed by atoms with E-state index in [-0.39, 0.29) is 11.7 Å². The zero-order chi connectivity index (χ0) is 20.5. The second kappa shape index (κ2) is 10.5. The quantitative estimate of drug-likeness (QED) is 0.656. The molecule has 0 fully saturated rings. The molecule has 0 aromatic heterocycles. The van der Waals surface area contributed by atoms with Crippen molar-refractivity contribution in [2.45, 2.75) is 40.0 Å². The molecule has 0 radical (unpaired) electrons. The van der Waals surface area contributed by atoms with Gasteiger partial charge in [0.1, 0.15) is 5.78 Å². The van der Waals surface area contributed by atoms with Crippen molar-refractivity contribution in [3.63, 3.8) is 0 Å². The van der Waals surface area contributed by atoms with Crippen LogP contribution in [0.1, 0.15) is 60.7 Å². The Morgan fingerprint density at radius 2 is 1.71 bits per heavy atom. The largest absolute Gasteiger partial charge is 0.342 e. The van der Waals surface area contributed by atoms with Crippen LogP contribution >= 0.6 is 0 Å². The van der Waals surface area contributed by atoms with Crippen LogP contribution in [0.3, 0.4) is 0 Å². The number of hydrogen-bond donors (Lipinski definition) is 0. The van der Waals surface area contributed by atoms with Crippen molar-refractivity contribution < 1.29 is 9.59 Å². The smallest absolute Gasteiger partial charge is 0.253 e. The van der Waals surface area contributed by atoms with Gasteiger partial charge >= 0.3 is 0 Å². The third-order valence-corrected chi connectivity index (χ3v) is 4.54. The lowest BCUT2D eigenvalue weighted by molar-refractivity contribution is -0.117. The summed E-state index contributed by atoms with van der Waals surface area (Å²) in [4.78, 5) is 25.4. The number of benzene rings is 2. The highest BCUT2D eigenvalue weighted by molar-refractivity contribution is 5.94. The maximum atomic E-state index is 12.4. The minimum absolute atomic E-state index is 0.0227. The number of carbonyl (C=O) groups is 2. The number of Topliss-reactive ketones (excluding diaryl/α,β-unsaturated/α-hetero) is 1. The molecular formula is C25H29NO2. The van der Waals surface area contributed by atoms with E-state index in [1.165, 1.54) is 5.56 Å². The second-order valence-corrected chi connectivity index (χ2v) is 7.47. The lowest BCUT2D eigenvalue weighted by atomic mass is 9.96. The summed E-state index contributed by atoms with van der Waals surface area (Å²) in [5.74, 6) is 6.92. The minimum atomic E-state index is 0.0227. The molecule has 0 bridgehead atoms.